The van der Waals surface area contributed by atoms with Gasteiger partial charge in [0.05, 0.1) is 0 Å². The van der Waals surface area contributed by atoms with E-state index in [1.807, 2.05) is 6.07 Å². The molecule has 0 unspecified atom stereocenters. The lowest BCUT2D eigenvalue weighted by molar-refractivity contribution is 0.250. The van der Waals surface area contributed by atoms with Gasteiger partial charge in [0.1, 0.15) is 10.8 Å². The standard InChI is InChI=1S/C15H21FN2S/c1-2-3-8-18(13-6-7-13)10-11-4-5-12(16)9-14(11)15(17)19/h4-5,9,13H,2-3,6-8,10H2,1H3,(H2,17,19). The van der Waals surface area contributed by atoms with Crippen molar-refractivity contribution in [1.29, 1.82) is 0 Å². The molecule has 2 rings (SSSR count). The Kier molecular flexibility index (Phi) is 4.88. The maximum Gasteiger partial charge on any atom is 0.123 e. The number of halogens is 1. The minimum Gasteiger partial charge on any atom is -0.389 e. The van der Waals surface area contributed by atoms with E-state index >= 15 is 0 Å². The van der Waals surface area contributed by atoms with Gasteiger partial charge < -0.3 is 5.73 Å². The largest absolute Gasteiger partial charge is 0.389 e. The molecule has 0 amide bonds. The van der Waals surface area contributed by atoms with E-state index in [9.17, 15) is 4.39 Å². The molecule has 0 heterocycles. The number of thiocarbonyl (C=S) groups is 1. The van der Waals surface area contributed by atoms with Crippen molar-refractivity contribution in [2.45, 2.75) is 45.2 Å². The minimum absolute atomic E-state index is 0.278. The van der Waals surface area contributed by atoms with Gasteiger partial charge in [0, 0.05) is 18.2 Å². The second-order valence-electron chi connectivity index (χ2n) is 5.22. The van der Waals surface area contributed by atoms with Crippen molar-refractivity contribution in [2.75, 3.05) is 6.54 Å². The molecule has 0 saturated heterocycles. The molecule has 1 aromatic rings. The Bertz CT molecular complexity index is 457. The van der Waals surface area contributed by atoms with Crippen molar-refractivity contribution in [1.82, 2.24) is 4.90 Å². The van der Waals surface area contributed by atoms with Crippen molar-refractivity contribution in [2.24, 2.45) is 5.73 Å². The van der Waals surface area contributed by atoms with E-state index < -0.39 is 0 Å². The Labute approximate surface area is 119 Å². The van der Waals surface area contributed by atoms with Gasteiger partial charge in [-0.2, -0.15) is 0 Å². The van der Waals surface area contributed by atoms with Gasteiger partial charge in [-0.15, -0.1) is 0 Å². The minimum atomic E-state index is -0.280. The van der Waals surface area contributed by atoms with E-state index in [4.69, 9.17) is 18.0 Å². The Morgan fingerprint density at radius 2 is 2.21 bits per heavy atom. The number of rotatable bonds is 7. The number of benzene rings is 1. The molecular weight excluding hydrogens is 259 g/mol. The Hall–Kier alpha value is -1.00. The van der Waals surface area contributed by atoms with Crippen LogP contribution >= 0.6 is 12.2 Å². The molecule has 0 aromatic heterocycles. The monoisotopic (exact) mass is 280 g/mol. The third-order valence-electron chi connectivity index (χ3n) is 3.57. The summed E-state index contributed by atoms with van der Waals surface area (Å²) in [5.74, 6) is -0.280. The van der Waals surface area contributed by atoms with Gasteiger partial charge >= 0.3 is 0 Å². The highest BCUT2D eigenvalue weighted by molar-refractivity contribution is 7.80. The van der Waals surface area contributed by atoms with Crippen LogP contribution in [0.5, 0.6) is 0 Å². The molecule has 4 heteroatoms. The zero-order valence-corrected chi connectivity index (χ0v) is 12.2. The van der Waals surface area contributed by atoms with Crippen LogP contribution in [0.2, 0.25) is 0 Å². The molecule has 0 radical (unpaired) electrons. The maximum atomic E-state index is 13.3. The number of unbranched alkanes of at least 4 members (excludes halogenated alkanes) is 1. The molecule has 1 fully saturated rings. The molecule has 1 saturated carbocycles. The number of hydrogen-bond donors (Lipinski definition) is 1. The molecule has 19 heavy (non-hydrogen) atoms. The SMILES string of the molecule is CCCCN(Cc1ccc(F)cc1C(N)=S)C1CC1. The summed E-state index contributed by atoms with van der Waals surface area (Å²) in [7, 11) is 0. The van der Waals surface area contributed by atoms with Crippen molar-refractivity contribution in [3.8, 4) is 0 Å². The third-order valence-corrected chi connectivity index (χ3v) is 3.79. The van der Waals surface area contributed by atoms with Crippen molar-refractivity contribution in [3.05, 3.63) is 35.1 Å². The van der Waals surface area contributed by atoms with E-state index in [1.165, 1.54) is 37.8 Å². The topological polar surface area (TPSA) is 29.3 Å². The predicted molar refractivity (Wildman–Crippen MR) is 80.6 cm³/mol. The molecular formula is C15H21FN2S. The molecule has 2 nitrogen and oxygen atoms in total. The molecule has 1 aromatic carbocycles. The summed E-state index contributed by atoms with van der Waals surface area (Å²) >= 11 is 5.02. The van der Waals surface area contributed by atoms with E-state index in [1.54, 1.807) is 0 Å². The van der Waals surface area contributed by atoms with Crippen LogP contribution in [0.1, 0.15) is 43.7 Å². The lowest BCUT2D eigenvalue weighted by atomic mass is 10.1. The van der Waals surface area contributed by atoms with Gasteiger partial charge in [-0.25, -0.2) is 4.39 Å². The van der Waals surface area contributed by atoms with Crippen LogP contribution in [0.3, 0.4) is 0 Å². The van der Waals surface area contributed by atoms with E-state index in [0.29, 0.717) is 11.6 Å². The molecule has 0 atom stereocenters. The summed E-state index contributed by atoms with van der Waals surface area (Å²) in [5.41, 5.74) is 7.41. The first-order chi connectivity index (χ1) is 9.11. The highest BCUT2D eigenvalue weighted by Gasteiger charge is 2.28. The van der Waals surface area contributed by atoms with Crippen LogP contribution in [0.25, 0.3) is 0 Å². The molecule has 0 spiro atoms. The van der Waals surface area contributed by atoms with Gasteiger partial charge in [0.2, 0.25) is 0 Å². The van der Waals surface area contributed by atoms with Crippen LogP contribution in [-0.2, 0) is 6.54 Å². The van der Waals surface area contributed by atoms with E-state index in [0.717, 1.165) is 18.7 Å². The quantitative estimate of drug-likeness (QED) is 0.778. The van der Waals surface area contributed by atoms with E-state index in [-0.39, 0.29) is 10.8 Å². The highest BCUT2D eigenvalue weighted by Crippen LogP contribution is 2.29. The fourth-order valence-corrected chi connectivity index (χ4v) is 2.52. The second-order valence-corrected chi connectivity index (χ2v) is 5.66. The first kappa shape index (κ1) is 14.4. The summed E-state index contributed by atoms with van der Waals surface area (Å²) in [6.07, 6.45) is 4.93. The molecule has 0 bridgehead atoms. The zero-order valence-electron chi connectivity index (χ0n) is 11.4. The third kappa shape index (κ3) is 3.98. The van der Waals surface area contributed by atoms with Gasteiger partial charge in [-0.05, 0) is 43.5 Å². The van der Waals surface area contributed by atoms with Crippen LogP contribution in [0.15, 0.2) is 18.2 Å². The molecule has 1 aliphatic carbocycles. The van der Waals surface area contributed by atoms with Crippen molar-refractivity contribution < 1.29 is 4.39 Å². The van der Waals surface area contributed by atoms with Crippen molar-refractivity contribution in [3.63, 3.8) is 0 Å². The summed E-state index contributed by atoms with van der Waals surface area (Å²) in [6, 6.07) is 5.44. The molecule has 0 aliphatic heterocycles. The van der Waals surface area contributed by atoms with Gasteiger partial charge in [-0.3, -0.25) is 4.90 Å². The average Bonchev–Trinajstić information content (AvgIpc) is 3.20. The van der Waals surface area contributed by atoms with Gasteiger partial charge in [0.15, 0.2) is 0 Å². The predicted octanol–water partition coefficient (Wildman–Crippen LogP) is 3.22. The summed E-state index contributed by atoms with van der Waals surface area (Å²) in [5, 5.41) is 0. The maximum absolute atomic E-state index is 13.3. The zero-order chi connectivity index (χ0) is 13.8. The van der Waals surface area contributed by atoms with Crippen LogP contribution in [0, 0.1) is 5.82 Å². The summed E-state index contributed by atoms with van der Waals surface area (Å²) in [6.45, 7) is 4.11. The lowest BCUT2D eigenvalue weighted by Crippen LogP contribution is -2.28. The second kappa shape index (κ2) is 6.44. The first-order valence-corrected chi connectivity index (χ1v) is 7.35. The van der Waals surface area contributed by atoms with Gasteiger partial charge in [0.25, 0.3) is 0 Å². The molecule has 2 N–H and O–H groups in total. The normalized spacial score (nSPS) is 14.9. The van der Waals surface area contributed by atoms with Gasteiger partial charge in [-0.1, -0.05) is 31.6 Å². The Balaban J connectivity index is 2.13. The van der Waals surface area contributed by atoms with Crippen LogP contribution < -0.4 is 5.73 Å². The Morgan fingerprint density at radius 1 is 1.47 bits per heavy atom. The van der Waals surface area contributed by atoms with Crippen LogP contribution in [-0.4, -0.2) is 22.5 Å². The summed E-state index contributed by atoms with van der Waals surface area (Å²) < 4.78 is 13.3. The lowest BCUT2D eigenvalue weighted by Gasteiger charge is -2.23. The highest BCUT2D eigenvalue weighted by atomic mass is 32.1. The number of nitrogens with two attached hydrogens (primary N) is 1. The molecule has 1 aliphatic rings. The fourth-order valence-electron chi connectivity index (χ4n) is 2.33. The number of nitrogens with zero attached hydrogens (tertiary/aromatic N) is 1. The smallest absolute Gasteiger partial charge is 0.123 e. The Morgan fingerprint density at radius 3 is 2.79 bits per heavy atom. The number of hydrogen-bond acceptors (Lipinski definition) is 2. The first-order valence-electron chi connectivity index (χ1n) is 6.94. The average molecular weight is 280 g/mol. The fraction of sp³-hybridized carbons (Fsp3) is 0.533. The van der Waals surface area contributed by atoms with Crippen LogP contribution in [0.4, 0.5) is 4.39 Å². The van der Waals surface area contributed by atoms with Crippen molar-refractivity contribution >= 4 is 17.2 Å². The van der Waals surface area contributed by atoms with E-state index in [2.05, 4.69) is 11.8 Å². The summed E-state index contributed by atoms with van der Waals surface area (Å²) in [4.78, 5) is 2.75. The molecule has 104 valence electrons.